The third-order valence-electron chi connectivity index (χ3n) is 4.80. The van der Waals surface area contributed by atoms with Gasteiger partial charge in [-0.15, -0.1) is 0 Å². The van der Waals surface area contributed by atoms with Gasteiger partial charge in [-0.1, -0.05) is 35.9 Å². The van der Waals surface area contributed by atoms with E-state index in [1.54, 1.807) is 24.3 Å². The predicted octanol–water partition coefficient (Wildman–Crippen LogP) is 3.96. The molecule has 0 aliphatic carbocycles. The van der Waals surface area contributed by atoms with Crippen molar-refractivity contribution in [1.29, 1.82) is 0 Å². The lowest BCUT2D eigenvalue weighted by Gasteiger charge is -2.38. The Morgan fingerprint density at radius 2 is 1.96 bits per heavy atom. The number of morpholine rings is 1. The van der Waals surface area contributed by atoms with Crippen molar-refractivity contribution in [2.75, 3.05) is 13.2 Å². The third-order valence-corrected chi connectivity index (χ3v) is 5.04. The van der Waals surface area contributed by atoms with Crippen LogP contribution in [0.5, 0.6) is 0 Å². The number of ether oxygens (including phenoxy) is 1. The van der Waals surface area contributed by atoms with E-state index in [2.05, 4.69) is 0 Å². The van der Waals surface area contributed by atoms with Crippen molar-refractivity contribution in [3.63, 3.8) is 0 Å². The summed E-state index contributed by atoms with van der Waals surface area (Å²) in [6.45, 7) is 2.96. The molecule has 5 nitrogen and oxygen atoms in total. The van der Waals surface area contributed by atoms with E-state index in [1.807, 2.05) is 36.1 Å². The first-order valence-electron chi connectivity index (χ1n) is 8.93. The Bertz CT molecular complexity index is 821. The number of carbonyl (C=O) groups is 2. The molecule has 3 rings (SSSR count). The van der Waals surface area contributed by atoms with Gasteiger partial charge in [0.05, 0.1) is 24.8 Å². The molecule has 0 spiro atoms. The molecule has 0 radical (unpaired) electrons. The Morgan fingerprint density at radius 1 is 1.22 bits per heavy atom. The minimum atomic E-state index is -0.952. The van der Waals surface area contributed by atoms with Crippen LogP contribution in [0.3, 0.4) is 0 Å². The van der Waals surface area contributed by atoms with Crippen LogP contribution in [-0.2, 0) is 16.0 Å². The van der Waals surface area contributed by atoms with E-state index in [-0.39, 0.29) is 23.6 Å². The number of hydrogen-bond acceptors (Lipinski definition) is 3. The van der Waals surface area contributed by atoms with Gasteiger partial charge in [0, 0.05) is 11.4 Å². The smallest absolute Gasteiger partial charge is 0.335 e. The Balaban J connectivity index is 1.61. The molecule has 0 saturated carbocycles. The molecule has 1 saturated heterocycles. The van der Waals surface area contributed by atoms with Gasteiger partial charge in [0.1, 0.15) is 6.10 Å². The number of nitrogens with zero attached hydrogens (tertiary/aromatic N) is 1. The van der Waals surface area contributed by atoms with E-state index in [4.69, 9.17) is 21.4 Å². The minimum Gasteiger partial charge on any atom is -0.478 e. The summed E-state index contributed by atoms with van der Waals surface area (Å²) < 4.78 is 5.90. The lowest BCUT2D eigenvalue weighted by molar-refractivity contribution is -0.144. The number of hydrogen-bond donors (Lipinski definition) is 1. The van der Waals surface area contributed by atoms with E-state index in [1.165, 1.54) is 0 Å². The largest absolute Gasteiger partial charge is 0.478 e. The zero-order valence-electron chi connectivity index (χ0n) is 15.1. The second-order valence-electron chi connectivity index (χ2n) is 6.77. The summed E-state index contributed by atoms with van der Waals surface area (Å²) in [4.78, 5) is 25.5. The first-order valence-corrected chi connectivity index (χ1v) is 9.30. The zero-order valence-corrected chi connectivity index (χ0v) is 15.9. The van der Waals surface area contributed by atoms with Crippen molar-refractivity contribution in [1.82, 2.24) is 4.90 Å². The van der Waals surface area contributed by atoms with Crippen molar-refractivity contribution >= 4 is 23.5 Å². The molecule has 1 amide bonds. The van der Waals surface area contributed by atoms with Gasteiger partial charge in [-0.2, -0.15) is 0 Å². The lowest BCUT2D eigenvalue weighted by Crippen LogP contribution is -2.48. The maximum absolute atomic E-state index is 12.8. The summed E-state index contributed by atoms with van der Waals surface area (Å²) in [6.07, 6.45) is 0.766. The van der Waals surface area contributed by atoms with Crippen LogP contribution in [0.25, 0.3) is 0 Å². The van der Waals surface area contributed by atoms with Gasteiger partial charge in [0.15, 0.2) is 0 Å². The highest BCUT2D eigenvalue weighted by molar-refractivity contribution is 6.30. The second kappa shape index (κ2) is 8.55. The van der Waals surface area contributed by atoms with Gasteiger partial charge in [-0.25, -0.2) is 4.79 Å². The monoisotopic (exact) mass is 387 g/mol. The summed E-state index contributed by atoms with van der Waals surface area (Å²) in [6, 6.07) is 14.2. The van der Waals surface area contributed by atoms with Crippen LogP contribution in [0.4, 0.5) is 0 Å². The highest BCUT2D eigenvalue weighted by Gasteiger charge is 2.30. The van der Waals surface area contributed by atoms with E-state index in [0.717, 1.165) is 11.1 Å². The average molecular weight is 388 g/mol. The SMILES string of the molecule is CC1COC(c2cccc(Cl)c2)CN1C(=O)CCc1ccc(C(=O)O)cc1. The van der Waals surface area contributed by atoms with Gasteiger partial charge >= 0.3 is 5.97 Å². The summed E-state index contributed by atoms with van der Waals surface area (Å²) in [5.74, 6) is -0.882. The molecule has 2 atom stereocenters. The van der Waals surface area contributed by atoms with Crippen LogP contribution in [-0.4, -0.2) is 41.1 Å². The van der Waals surface area contributed by atoms with Crippen LogP contribution < -0.4 is 0 Å². The molecular formula is C21H22ClNO4. The molecule has 142 valence electrons. The van der Waals surface area contributed by atoms with Crippen molar-refractivity contribution in [2.45, 2.75) is 31.9 Å². The van der Waals surface area contributed by atoms with Crippen LogP contribution >= 0.6 is 11.6 Å². The fourth-order valence-corrected chi connectivity index (χ4v) is 3.42. The molecule has 27 heavy (non-hydrogen) atoms. The van der Waals surface area contributed by atoms with Crippen molar-refractivity contribution in [3.8, 4) is 0 Å². The number of carboxylic acid groups (broad SMARTS) is 1. The maximum atomic E-state index is 12.8. The molecule has 6 heteroatoms. The Labute approximate surface area is 163 Å². The fourth-order valence-electron chi connectivity index (χ4n) is 3.22. The predicted molar refractivity (Wildman–Crippen MR) is 103 cm³/mol. The van der Waals surface area contributed by atoms with E-state index >= 15 is 0 Å². The number of carbonyl (C=O) groups excluding carboxylic acids is 1. The molecule has 1 aliphatic rings. The van der Waals surface area contributed by atoms with Gasteiger partial charge in [-0.05, 0) is 48.7 Å². The zero-order chi connectivity index (χ0) is 19.4. The maximum Gasteiger partial charge on any atom is 0.335 e. The highest BCUT2D eigenvalue weighted by atomic mass is 35.5. The van der Waals surface area contributed by atoms with E-state index < -0.39 is 5.97 Å². The van der Waals surface area contributed by atoms with Crippen LogP contribution in [0, 0.1) is 0 Å². The molecule has 2 aromatic rings. The molecule has 1 aliphatic heterocycles. The van der Waals surface area contributed by atoms with Gasteiger partial charge in [0.2, 0.25) is 5.91 Å². The van der Waals surface area contributed by atoms with Gasteiger partial charge in [0.25, 0.3) is 0 Å². The number of rotatable bonds is 5. The number of amides is 1. The molecule has 0 aromatic heterocycles. The topological polar surface area (TPSA) is 66.8 Å². The minimum absolute atomic E-state index is 0.0160. The normalized spacial score (nSPS) is 19.7. The number of halogens is 1. The van der Waals surface area contributed by atoms with Crippen LogP contribution in [0.1, 0.15) is 40.9 Å². The average Bonchev–Trinajstić information content (AvgIpc) is 2.66. The van der Waals surface area contributed by atoms with Crippen molar-refractivity contribution in [3.05, 3.63) is 70.2 Å². The van der Waals surface area contributed by atoms with Gasteiger partial charge < -0.3 is 14.7 Å². The van der Waals surface area contributed by atoms with Gasteiger partial charge in [-0.3, -0.25) is 4.79 Å². The van der Waals surface area contributed by atoms with Crippen LogP contribution in [0.2, 0.25) is 5.02 Å². The summed E-state index contributed by atoms with van der Waals surface area (Å²) >= 11 is 6.07. The molecule has 1 fully saturated rings. The van der Waals surface area contributed by atoms with Crippen molar-refractivity contribution < 1.29 is 19.4 Å². The number of aromatic carboxylic acids is 1. The Hall–Kier alpha value is -2.37. The first kappa shape index (κ1) is 19.4. The molecule has 2 unspecified atom stereocenters. The molecular weight excluding hydrogens is 366 g/mol. The number of carboxylic acids is 1. The second-order valence-corrected chi connectivity index (χ2v) is 7.21. The molecule has 0 bridgehead atoms. The quantitative estimate of drug-likeness (QED) is 0.843. The van der Waals surface area contributed by atoms with E-state index in [9.17, 15) is 9.59 Å². The molecule has 2 aromatic carbocycles. The lowest BCUT2D eigenvalue weighted by atomic mass is 10.0. The van der Waals surface area contributed by atoms with Crippen molar-refractivity contribution in [2.24, 2.45) is 0 Å². The standard InChI is InChI=1S/C21H22ClNO4/c1-14-13-27-19(17-3-2-4-18(22)11-17)12-23(14)20(24)10-7-15-5-8-16(9-6-15)21(25)26/h2-6,8-9,11,14,19H,7,10,12-13H2,1H3,(H,25,26). The third kappa shape index (κ3) is 4.87. The fraction of sp³-hybridized carbons (Fsp3) is 0.333. The first-order chi connectivity index (χ1) is 12.9. The summed E-state index contributed by atoms with van der Waals surface area (Å²) in [7, 11) is 0. The Morgan fingerprint density at radius 3 is 2.63 bits per heavy atom. The van der Waals surface area contributed by atoms with E-state index in [0.29, 0.717) is 31.0 Å². The van der Waals surface area contributed by atoms with Crippen LogP contribution in [0.15, 0.2) is 48.5 Å². The number of benzene rings is 2. The summed E-state index contributed by atoms with van der Waals surface area (Å²) in [5, 5.41) is 9.60. The highest BCUT2D eigenvalue weighted by Crippen LogP contribution is 2.27. The summed E-state index contributed by atoms with van der Waals surface area (Å²) in [5.41, 5.74) is 2.16. The Kier molecular flexibility index (Phi) is 6.14. The molecule has 1 N–H and O–H groups in total. The molecule has 1 heterocycles. The number of aryl methyl sites for hydroxylation is 1.